The first-order chi connectivity index (χ1) is 15.0. The summed E-state index contributed by atoms with van der Waals surface area (Å²) in [6.07, 6.45) is 2.96. The Bertz CT molecular complexity index is 891. The highest BCUT2D eigenvalue weighted by Crippen LogP contribution is 2.23. The zero-order chi connectivity index (χ0) is 22.2. The summed E-state index contributed by atoms with van der Waals surface area (Å²) in [7, 11) is 3.82. The van der Waals surface area contributed by atoms with Crippen LogP contribution in [0.3, 0.4) is 0 Å². The van der Waals surface area contributed by atoms with Crippen molar-refractivity contribution in [2.45, 2.75) is 53.1 Å². The summed E-state index contributed by atoms with van der Waals surface area (Å²) >= 11 is 0. The number of hydrogen-bond acceptors (Lipinski definition) is 4. The van der Waals surface area contributed by atoms with Gasteiger partial charge in [-0.15, -0.1) is 24.0 Å². The molecular weight excluding hydrogens is 517 g/mol. The Morgan fingerprint density at radius 2 is 2.03 bits per heavy atom. The number of benzene rings is 1. The molecule has 1 aromatic heterocycles. The highest BCUT2D eigenvalue weighted by molar-refractivity contribution is 14.0. The molecule has 0 radical (unpaired) electrons. The minimum absolute atomic E-state index is 0. The largest absolute Gasteiger partial charge is 0.493 e. The molecule has 3 rings (SSSR count). The van der Waals surface area contributed by atoms with Gasteiger partial charge < -0.3 is 20.1 Å². The zero-order valence-corrected chi connectivity index (χ0v) is 22.4. The van der Waals surface area contributed by atoms with Gasteiger partial charge in [0.1, 0.15) is 5.75 Å². The lowest BCUT2D eigenvalue weighted by molar-refractivity contribution is 0.166. The summed E-state index contributed by atoms with van der Waals surface area (Å²) < 4.78 is 13.6. The molecule has 1 atom stereocenters. The lowest BCUT2D eigenvalue weighted by atomic mass is 10.1. The molecule has 2 N–H and O–H groups in total. The third-order valence-electron chi connectivity index (χ3n) is 5.85. The first-order valence-electron chi connectivity index (χ1n) is 11.3. The maximum atomic E-state index is 6.17. The van der Waals surface area contributed by atoms with Gasteiger partial charge >= 0.3 is 0 Å². The van der Waals surface area contributed by atoms with E-state index in [1.165, 1.54) is 16.8 Å². The van der Waals surface area contributed by atoms with Crippen LogP contribution in [0, 0.1) is 12.8 Å². The van der Waals surface area contributed by atoms with Crippen LogP contribution in [0.2, 0.25) is 0 Å². The van der Waals surface area contributed by atoms with Crippen LogP contribution in [-0.4, -0.2) is 42.6 Å². The van der Waals surface area contributed by atoms with E-state index < -0.39 is 0 Å². The third-order valence-corrected chi connectivity index (χ3v) is 5.85. The van der Waals surface area contributed by atoms with Crippen LogP contribution >= 0.6 is 24.0 Å². The minimum atomic E-state index is 0. The molecule has 32 heavy (non-hydrogen) atoms. The molecule has 1 aliphatic rings. The number of hydrogen-bond donors (Lipinski definition) is 2. The molecule has 0 amide bonds. The Morgan fingerprint density at radius 1 is 1.25 bits per heavy atom. The summed E-state index contributed by atoms with van der Waals surface area (Å²) in [5.74, 6) is 2.18. The fraction of sp³-hybridized carbons (Fsp3) is 0.583. The van der Waals surface area contributed by atoms with Gasteiger partial charge in [-0.25, -0.2) is 0 Å². The number of nitrogens with zero attached hydrogens (tertiary/aromatic N) is 3. The minimum Gasteiger partial charge on any atom is -0.493 e. The van der Waals surface area contributed by atoms with E-state index in [9.17, 15) is 0 Å². The maximum absolute atomic E-state index is 6.17. The fourth-order valence-electron chi connectivity index (χ4n) is 4.03. The van der Waals surface area contributed by atoms with E-state index in [1.807, 2.05) is 11.7 Å². The van der Waals surface area contributed by atoms with Crippen molar-refractivity contribution in [2.24, 2.45) is 18.0 Å². The average Bonchev–Trinajstić information content (AvgIpc) is 3.40. The molecular formula is C24H38IN5O2. The first-order valence-corrected chi connectivity index (χ1v) is 11.3. The number of nitrogens with one attached hydrogen (secondary N) is 2. The number of aliphatic imine (C=N–C) groups is 1. The van der Waals surface area contributed by atoms with Gasteiger partial charge in [0.2, 0.25) is 0 Å². The van der Waals surface area contributed by atoms with Gasteiger partial charge in [0.15, 0.2) is 5.96 Å². The van der Waals surface area contributed by atoms with E-state index in [0.717, 1.165) is 55.4 Å². The van der Waals surface area contributed by atoms with Gasteiger partial charge in [-0.3, -0.25) is 9.67 Å². The van der Waals surface area contributed by atoms with Crippen LogP contribution < -0.4 is 15.4 Å². The summed E-state index contributed by atoms with van der Waals surface area (Å²) in [5, 5.41) is 11.5. The number of aryl methyl sites for hydroxylation is 3. The van der Waals surface area contributed by atoms with E-state index in [0.29, 0.717) is 25.6 Å². The van der Waals surface area contributed by atoms with Gasteiger partial charge in [-0.2, -0.15) is 5.10 Å². The van der Waals surface area contributed by atoms with Gasteiger partial charge in [0.25, 0.3) is 0 Å². The summed E-state index contributed by atoms with van der Waals surface area (Å²) in [4.78, 5) is 4.40. The molecule has 2 aromatic rings. The third kappa shape index (κ3) is 6.84. The molecule has 0 bridgehead atoms. The van der Waals surface area contributed by atoms with Gasteiger partial charge in [-0.1, -0.05) is 26.0 Å². The van der Waals surface area contributed by atoms with Crippen LogP contribution in [0.4, 0.5) is 0 Å². The van der Waals surface area contributed by atoms with Gasteiger partial charge in [0, 0.05) is 56.5 Å². The maximum Gasteiger partial charge on any atom is 0.191 e. The second-order valence-electron chi connectivity index (χ2n) is 8.13. The van der Waals surface area contributed by atoms with E-state index in [4.69, 9.17) is 9.47 Å². The lowest BCUT2D eigenvalue weighted by Crippen LogP contribution is -2.36. The van der Waals surface area contributed by atoms with Crippen molar-refractivity contribution in [1.29, 1.82) is 0 Å². The highest BCUT2D eigenvalue weighted by Gasteiger charge is 2.17. The number of ether oxygens (including phenoxy) is 2. The molecule has 0 saturated carbocycles. The van der Waals surface area contributed by atoms with Crippen LogP contribution in [0.15, 0.2) is 23.2 Å². The summed E-state index contributed by atoms with van der Waals surface area (Å²) in [6.45, 7) is 10.1. The van der Waals surface area contributed by atoms with Crippen molar-refractivity contribution < 1.29 is 9.47 Å². The van der Waals surface area contributed by atoms with Crippen molar-refractivity contribution in [3.63, 3.8) is 0 Å². The van der Waals surface area contributed by atoms with Crippen LogP contribution in [0.25, 0.3) is 0 Å². The van der Waals surface area contributed by atoms with Crippen molar-refractivity contribution in [1.82, 2.24) is 20.4 Å². The van der Waals surface area contributed by atoms with Crippen molar-refractivity contribution in [3.8, 4) is 5.75 Å². The molecule has 2 heterocycles. The number of guanidine groups is 1. The zero-order valence-electron chi connectivity index (χ0n) is 20.0. The number of halogens is 1. The predicted octanol–water partition coefficient (Wildman–Crippen LogP) is 3.75. The van der Waals surface area contributed by atoms with E-state index >= 15 is 0 Å². The summed E-state index contributed by atoms with van der Waals surface area (Å²) in [5.41, 5.74) is 6.00. The van der Waals surface area contributed by atoms with Crippen molar-refractivity contribution in [3.05, 3.63) is 46.3 Å². The van der Waals surface area contributed by atoms with Crippen LogP contribution in [0.5, 0.6) is 5.75 Å². The SMILES string of the molecule is CCc1nn(C)c(CC)c1CNC(=NC)NCc1ccc(C)cc1OCC1CCOC1.I. The van der Waals surface area contributed by atoms with Crippen LogP contribution in [0.1, 0.15) is 48.3 Å². The van der Waals surface area contributed by atoms with Gasteiger partial charge in [0.05, 0.1) is 18.9 Å². The molecule has 7 nitrogen and oxygen atoms in total. The average molecular weight is 556 g/mol. The van der Waals surface area contributed by atoms with Crippen LogP contribution in [-0.2, 0) is 37.7 Å². The molecule has 1 saturated heterocycles. The van der Waals surface area contributed by atoms with E-state index in [-0.39, 0.29) is 24.0 Å². The number of aromatic nitrogens is 2. The monoisotopic (exact) mass is 555 g/mol. The Labute approximate surface area is 209 Å². The number of rotatable bonds is 9. The Kier molecular flexibility index (Phi) is 10.8. The predicted molar refractivity (Wildman–Crippen MR) is 140 cm³/mol. The summed E-state index contributed by atoms with van der Waals surface area (Å²) in [6, 6.07) is 6.36. The smallest absolute Gasteiger partial charge is 0.191 e. The molecule has 8 heteroatoms. The quantitative estimate of drug-likeness (QED) is 0.280. The van der Waals surface area contributed by atoms with E-state index in [2.05, 4.69) is 59.7 Å². The normalized spacial score (nSPS) is 16.0. The fourth-order valence-corrected chi connectivity index (χ4v) is 4.03. The lowest BCUT2D eigenvalue weighted by Gasteiger charge is -2.17. The van der Waals surface area contributed by atoms with Crippen molar-refractivity contribution in [2.75, 3.05) is 26.9 Å². The van der Waals surface area contributed by atoms with Crippen molar-refractivity contribution >= 4 is 29.9 Å². The molecule has 0 spiro atoms. The first kappa shape index (κ1) is 26.4. The second-order valence-corrected chi connectivity index (χ2v) is 8.13. The van der Waals surface area contributed by atoms with E-state index in [1.54, 1.807) is 7.05 Å². The Balaban J connectivity index is 0.00000363. The molecule has 1 fully saturated rings. The molecule has 1 unspecified atom stereocenters. The molecule has 1 aliphatic heterocycles. The standard InChI is InChI=1S/C24H37N5O2.HI/c1-6-21-20(22(7-2)29(5)28-21)14-27-24(25-4)26-13-19-9-8-17(3)12-23(19)31-16-18-10-11-30-15-18;/h8-9,12,18H,6-7,10-11,13-16H2,1-5H3,(H2,25,26,27);1H. The Morgan fingerprint density at radius 3 is 2.69 bits per heavy atom. The molecule has 1 aromatic carbocycles. The second kappa shape index (κ2) is 13.0. The van der Waals surface area contributed by atoms with Gasteiger partial charge in [-0.05, 0) is 37.8 Å². The Hall–Kier alpha value is -1.81. The molecule has 0 aliphatic carbocycles. The highest BCUT2D eigenvalue weighted by atomic mass is 127. The molecule has 178 valence electrons. The topological polar surface area (TPSA) is 72.7 Å².